The highest BCUT2D eigenvalue weighted by Gasteiger charge is 2.34. The summed E-state index contributed by atoms with van der Waals surface area (Å²) in [6, 6.07) is 4.08. The molecule has 0 aromatic carbocycles. The molecule has 0 bridgehead atoms. The molecule has 3 rings (SSSR count). The van der Waals surface area contributed by atoms with Crippen molar-refractivity contribution in [3.05, 3.63) is 18.3 Å². The molecule has 0 radical (unpaired) electrons. The Hall–Kier alpha value is -1.25. The van der Waals surface area contributed by atoms with Crippen LogP contribution in [0, 0.1) is 0 Å². The van der Waals surface area contributed by atoms with Gasteiger partial charge in [-0.05, 0) is 25.0 Å². The van der Waals surface area contributed by atoms with Crippen molar-refractivity contribution < 1.29 is 0 Å². The van der Waals surface area contributed by atoms with Crippen molar-refractivity contribution >= 4 is 11.5 Å². The molecule has 0 saturated heterocycles. The Morgan fingerprint density at radius 3 is 2.75 bits per heavy atom. The molecule has 0 atom stereocenters. The second kappa shape index (κ2) is 3.96. The van der Waals surface area contributed by atoms with Crippen LogP contribution in [-0.4, -0.2) is 17.1 Å². The highest BCUT2D eigenvalue weighted by atomic mass is 15.2. The second-order valence-electron chi connectivity index (χ2n) is 5.07. The Morgan fingerprint density at radius 1 is 1.12 bits per heavy atom. The number of nitrogens with zero attached hydrogens (tertiary/aromatic N) is 1. The first-order chi connectivity index (χ1) is 7.88. The molecule has 1 aromatic heterocycles. The van der Waals surface area contributed by atoms with E-state index in [1.54, 1.807) is 0 Å². The summed E-state index contributed by atoms with van der Waals surface area (Å²) in [7, 11) is 0. The highest BCUT2D eigenvalue weighted by molar-refractivity contribution is 5.67. The van der Waals surface area contributed by atoms with Crippen molar-refractivity contribution in [2.45, 2.75) is 44.1 Å². The molecule has 86 valence electrons. The molecular formula is C13H19N3. The van der Waals surface area contributed by atoms with Crippen LogP contribution >= 0.6 is 0 Å². The molecule has 0 amide bonds. The molecule has 16 heavy (non-hydrogen) atoms. The fraction of sp³-hybridized carbons (Fsp3) is 0.615. The fourth-order valence-electron chi connectivity index (χ4n) is 2.91. The van der Waals surface area contributed by atoms with Crippen molar-refractivity contribution in [1.29, 1.82) is 0 Å². The summed E-state index contributed by atoms with van der Waals surface area (Å²) in [6.45, 7) is 1.05. The lowest BCUT2D eigenvalue weighted by molar-refractivity contribution is 0.421. The molecule has 1 aliphatic carbocycles. The maximum atomic E-state index is 4.43. The van der Waals surface area contributed by atoms with E-state index >= 15 is 0 Å². The molecule has 2 heterocycles. The first kappa shape index (κ1) is 9.94. The monoisotopic (exact) mass is 217 g/mol. The van der Waals surface area contributed by atoms with Gasteiger partial charge in [0.15, 0.2) is 0 Å². The van der Waals surface area contributed by atoms with Crippen LogP contribution in [-0.2, 0) is 0 Å². The van der Waals surface area contributed by atoms with Gasteiger partial charge in [-0.2, -0.15) is 0 Å². The standard InChI is InChI=1S/C13H19N3/c1-2-4-8-13(7-3-1)10-15-11-6-5-9-14-12(11)16-13/h5-6,9,15H,1-4,7-8,10H2,(H,14,16). The lowest BCUT2D eigenvalue weighted by atomic mass is 9.88. The zero-order chi connectivity index (χ0) is 10.8. The Labute approximate surface area is 96.7 Å². The summed E-state index contributed by atoms with van der Waals surface area (Å²) in [4.78, 5) is 4.43. The highest BCUT2D eigenvalue weighted by Crippen LogP contribution is 2.35. The summed E-state index contributed by atoms with van der Waals surface area (Å²) in [6.07, 6.45) is 9.87. The van der Waals surface area contributed by atoms with E-state index in [0.717, 1.165) is 18.1 Å². The number of hydrogen-bond acceptors (Lipinski definition) is 3. The molecule has 2 aliphatic rings. The number of fused-ring (bicyclic) bond motifs is 1. The quantitative estimate of drug-likeness (QED) is 0.701. The van der Waals surface area contributed by atoms with Crippen LogP contribution in [0.4, 0.5) is 11.5 Å². The van der Waals surface area contributed by atoms with Crippen LogP contribution in [0.15, 0.2) is 18.3 Å². The van der Waals surface area contributed by atoms with Crippen molar-refractivity contribution in [3.63, 3.8) is 0 Å². The van der Waals surface area contributed by atoms with Gasteiger partial charge in [-0.1, -0.05) is 25.7 Å². The predicted molar refractivity (Wildman–Crippen MR) is 66.8 cm³/mol. The van der Waals surface area contributed by atoms with Crippen molar-refractivity contribution in [1.82, 2.24) is 4.98 Å². The molecule has 1 aromatic rings. The lowest BCUT2D eigenvalue weighted by Crippen LogP contribution is -2.47. The minimum atomic E-state index is 0.262. The van der Waals surface area contributed by atoms with Crippen LogP contribution in [0.5, 0.6) is 0 Å². The normalized spacial score (nSPS) is 22.8. The third kappa shape index (κ3) is 1.75. The molecule has 3 nitrogen and oxygen atoms in total. The Kier molecular flexibility index (Phi) is 2.46. The molecule has 0 unspecified atom stereocenters. The number of hydrogen-bond donors (Lipinski definition) is 2. The average Bonchev–Trinajstić information content (AvgIpc) is 2.55. The zero-order valence-corrected chi connectivity index (χ0v) is 9.63. The predicted octanol–water partition coefficient (Wildman–Crippen LogP) is 3.01. The van der Waals surface area contributed by atoms with E-state index in [-0.39, 0.29) is 5.54 Å². The van der Waals surface area contributed by atoms with Gasteiger partial charge in [-0.25, -0.2) is 4.98 Å². The molecular weight excluding hydrogens is 198 g/mol. The van der Waals surface area contributed by atoms with Gasteiger partial charge in [0.25, 0.3) is 0 Å². The number of rotatable bonds is 0. The smallest absolute Gasteiger partial charge is 0.149 e. The summed E-state index contributed by atoms with van der Waals surface area (Å²) in [5.74, 6) is 1.04. The van der Waals surface area contributed by atoms with Gasteiger partial charge < -0.3 is 10.6 Å². The van der Waals surface area contributed by atoms with Crippen molar-refractivity contribution in [3.8, 4) is 0 Å². The van der Waals surface area contributed by atoms with Crippen LogP contribution in [0.3, 0.4) is 0 Å². The summed E-state index contributed by atoms with van der Waals surface area (Å²) in [5.41, 5.74) is 1.41. The van der Waals surface area contributed by atoms with Gasteiger partial charge in [0, 0.05) is 12.7 Å². The van der Waals surface area contributed by atoms with E-state index in [1.807, 2.05) is 12.3 Å². The van der Waals surface area contributed by atoms with Crippen LogP contribution in [0.2, 0.25) is 0 Å². The third-order valence-electron chi connectivity index (χ3n) is 3.87. The van der Waals surface area contributed by atoms with Gasteiger partial charge in [0.2, 0.25) is 0 Å². The SMILES string of the molecule is c1cnc2c(c1)NCC1(CCCCCC1)N2. The summed E-state index contributed by atoms with van der Waals surface area (Å²) < 4.78 is 0. The third-order valence-corrected chi connectivity index (χ3v) is 3.87. The summed E-state index contributed by atoms with van der Waals surface area (Å²) in [5, 5.41) is 7.20. The first-order valence-corrected chi connectivity index (χ1v) is 6.35. The first-order valence-electron chi connectivity index (χ1n) is 6.35. The average molecular weight is 217 g/mol. The molecule has 1 fully saturated rings. The number of nitrogens with one attached hydrogen (secondary N) is 2. The maximum absolute atomic E-state index is 4.43. The van der Waals surface area contributed by atoms with Gasteiger partial charge in [0.05, 0.1) is 11.2 Å². The minimum Gasteiger partial charge on any atom is -0.380 e. The van der Waals surface area contributed by atoms with Crippen molar-refractivity contribution in [2.24, 2.45) is 0 Å². The van der Waals surface area contributed by atoms with E-state index in [0.29, 0.717) is 0 Å². The fourth-order valence-corrected chi connectivity index (χ4v) is 2.91. The van der Waals surface area contributed by atoms with E-state index in [4.69, 9.17) is 0 Å². The minimum absolute atomic E-state index is 0.262. The Morgan fingerprint density at radius 2 is 1.94 bits per heavy atom. The molecule has 1 spiro atoms. The van der Waals surface area contributed by atoms with Crippen LogP contribution < -0.4 is 10.6 Å². The van der Waals surface area contributed by atoms with Gasteiger partial charge in [-0.3, -0.25) is 0 Å². The van der Waals surface area contributed by atoms with E-state index in [2.05, 4.69) is 21.7 Å². The number of anilines is 2. The number of pyridine rings is 1. The summed E-state index contributed by atoms with van der Waals surface area (Å²) >= 11 is 0. The Bertz CT molecular complexity index is 367. The van der Waals surface area contributed by atoms with Crippen LogP contribution in [0.1, 0.15) is 38.5 Å². The maximum Gasteiger partial charge on any atom is 0.149 e. The van der Waals surface area contributed by atoms with Crippen molar-refractivity contribution in [2.75, 3.05) is 17.2 Å². The van der Waals surface area contributed by atoms with Gasteiger partial charge >= 0.3 is 0 Å². The molecule has 1 aliphatic heterocycles. The van der Waals surface area contributed by atoms with E-state index < -0.39 is 0 Å². The van der Waals surface area contributed by atoms with Gasteiger partial charge in [-0.15, -0.1) is 0 Å². The van der Waals surface area contributed by atoms with Gasteiger partial charge in [0.1, 0.15) is 5.82 Å². The van der Waals surface area contributed by atoms with E-state index in [9.17, 15) is 0 Å². The number of aromatic nitrogens is 1. The largest absolute Gasteiger partial charge is 0.380 e. The second-order valence-corrected chi connectivity index (χ2v) is 5.07. The topological polar surface area (TPSA) is 37.0 Å². The van der Waals surface area contributed by atoms with Crippen LogP contribution in [0.25, 0.3) is 0 Å². The Balaban J connectivity index is 1.85. The zero-order valence-electron chi connectivity index (χ0n) is 9.63. The lowest BCUT2D eigenvalue weighted by Gasteiger charge is -2.39. The molecule has 2 N–H and O–H groups in total. The van der Waals surface area contributed by atoms with E-state index in [1.165, 1.54) is 38.5 Å². The molecule has 3 heteroatoms. The molecule has 1 saturated carbocycles.